The van der Waals surface area contributed by atoms with E-state index >= 15 is 0 Å². The lowest BCUT2D eigenvalue weighted by molar-refractivity contribution is 0.596. The summed E-state index contributed by atoms with van der Waals surface area (Å²) in [7, 11) is -3.11. The number of benzene rings is 1. The summed E-state index contributed by atoms with van der Waals surface area (Å²) in [5.41, 5.74) is 0.784. The first-order valence-corrected chi connectivity index (χ1v) is 6.70. The van der Waals surface area contributed by atoms with Gasteiger partial charge in [-0.15, -0.1) is 0 Å². The molecule has 0 saturated heterocycles. The molecule has 0 saturated carbocycles. The van der Waals surface area contributed by atoms with Crippen molar-refractivity contribution >= 4 is 26.0 Å². The fourth-order valence-electron chi connectivity index (χ4n) is 1.18. The Hall–Kier alpha value is -0.390. The molecule has 1 aromatic carbocycles. The number of hydrogen-bond acceptors (Lipinski definition) is 3. The third-order valence-electron chi connectivity index (χ3n) is 1.94. The Morgan fingerprint density at radius 3 is 2.57 bits per heavy atom. The van der Waals surface area contributed by atoms with E-state index in [1.54, 1.807) is 25.1 Å². The summed E-state index contributed by atoms with van der Waals surface area (Å²) in [4.78, 5) is 0.412. The van der Waals surface area contributed by atoms with Crippen LogP contribution in [0.4, 0.5) is 0 Å². The smallest absolute Gasteiger partial charge is 0.178 e. The molecule has 0 amide bonds. The van der Waals surface area contributed by atoms with Gasteiger partial charge in [-0.25, -0.2) is 8.42 Å². The molecule has 0 heterocycles. The maximum absolute atomic E-state index is 11.7. The molecule has 0 spiro atoms. The lowest BCUT2D eigenvalue weighted by Crippen LogP contribution is -2.09. The lowest BCUT2D eigenvalue weighted by atomic mass is 10.2. The Morgan fingerprint density at radius 1 is 1.36 bits per heavy atom. The molecule has 0 aliphatic heterocycles. The van der Waals surface area contributed by atoms with Crippen LogP contribution in [0.5, 0.6) is 0 Å². The van der Waals surface area contributed by atoms with Gasteiger partial charge in [-0.2, -0.15) is 0 Å². The highest BCUT2D eigenvalue weighted by atomic mass is 79.9. The normalized spacial score (nSPS) is 11.6. The zero-order valence-corrected chi connectivity index (χ0v) is 10.2. The molecule has 0 unspecified atom stereocenters. The lowest BCUT2D eigenvalue weighted by Gasteiger charge is -2.07. The molecule has 3 nitrogen and oxygen atoms in total. The van der Waals surface area contributed by atoms with E-state index in [4.69, 9.17) is 0 Å². The summed E-state index contributed by atoms with van der Waals surface area (Å²) in [6.45, 7) is 2.14. The van der Waals surface area contributed by atoms with Gasteiger partial charge < -0.3 is 0 Å². The van der Waals surface area contributed by atoms with Crippen LogP contribution in [-0.4, -0.2) is 14.2 Å². The molecule has 14 heavy (non-hydrogen) atoms. The Morgan fingerprint density at radius 2 is 2.00 bits per heavy atom. The molecule has 0 aliphatic rings. The van der Waals surface area contributed by atoms with E-state index in [-0.39, 0.29) is 5.75 Å². The third-order valence-corrected chi connectivity index (χ3v) is 4.05. The van der Waals surface area contributed by atoms with Gasteiger partial charge in [-0.3, -0.25) is 4.34 Å². The molecule has 0 radical (unpaired) electrons. The van der Waals surface area contributed by atoms with Gasteiger partial charge in [-0.1, -0.05) is 25.1 Å². The third kappa shape index (κ3) is 2.56. The number of hydrogen-bond donors (Lipinski definition) is 1. The summed E-state index contributed by atoms with van der Waals surface area (Å²) < 4.78 is 26.1. The SMILES string of the molecule is CCS(=O)(=O)c1ccccc1CNBr. The molecule has 1 N–H and O–H groups in total. The van der Waals surface area contributed by atoms with Crippen LogP contribution in [0.2, 0.25) is 0 Å². The highest BCUT2D eigenvalue weighted by Crippen LogP contribution is 2.16. The minimum absolute atomic E-state index is 0.131. The van der Waals surface area contributed by atoms with Crippen LogP contribution in [0.1, 0.15) is 12.5 Å². The van der Waals surface area contributed by atoms with Crippen LogP contribution in [0.15, 0.2) is 29.2 Å². The Kier molecular flexibility index (Phi) is 4.10. The van der Waals surface area contributed by atoms with E-state index < -0.39 is 9.84 Å². The van der Waals surface area contributed by atoms with Crippen molar-refractivity contribution < 1.29 is 8.42 Å². The van der Waals surface area contributed by atoms with Crippen molar-refractivity contribution in [3.8, 4) is 0 Å². The molecule has 0 aliphatic carbocycles. The molecular formula is C9H12BrNO2S. The maximum Gasteiger partial charge on any atom is 0.178 e. The van der Waals surface area contributed by atoms with Crippen molar-refractivity contribution in [3.63, 3.8) is 0 Å². The number of nitrogens with one attached hydrogen (secondary N) is 1. The quantitative estimate of drug-likeness (QED) is 0.855. The summed E-state index contributed by atoms with van der Waals surface area (Å²) in [6.07, 6.45) is 0. The van der Waals surface area contributed by atoms with Crippen molar-refractivity contribution in [2.45, 2.75) is 18.4 Å². The van der Waals surface area contributed by atoms with Crippen LogP contribution in [0.25, 0.3) is 0 Å². The van der Waals surface area contributed by atoms with E-state index in [0.717, 1.165) is 5.56 Å². The van der Waals surface area contributed by atoms with Gasteiger partial charge >= 0.3 is 0 Å². The number of halogens is 1. The molecule has 5 heteroatoms. The van der Waals surface area contributed by atoms with Crippen LogP contribution < -0.4 is 4.34 Å². The molecule has 78 valence electrons. The second-order valence-corrected chi connectivity index (χ2v) is 5.63. The molecule has 0 bridgehead atoms. The summed E-state index contributed by atoms with van der Waals surface area (Å²) in [5, 5.41) is 0. The summed E-state index contributed by atoms with van der Waals surface area (Å²) in [5.74, 6) is 0.131. The second-order valence-electron chi connectivity index (χ2n) is 2.82. The van der Waals surface area contributed by atoms with Crippen molar-refractivity contribution in [2.24, 2.45) is 0 Å². The van der Waals surface area contributed by atoms with Crippen molar-refractivity contribution in [3.05, 3.63) is 29.8 Å². The van der Waals surface area contributed by atoms with Gasteiger partial charge in [0.2, 0.25) is 0 Å². The van der Waals surface area contributed by atoms with Gasteiger partial charge in [0.1, 0.15) is 0 Å². The van der Waals surface area contributed by atoms with E-state index in [0.29, 0.717) is 11.4 Å². The highest BCUT2D eigenvalue weighted by molar-refractivity contribution is 9.08. The number of sulfone groups is 1. The standard InChI is InChI=1S/C9H12BrNO2S/c1-2-14(12,13)9-6-4-3-5-8(9)7-11-10/h3-6,11H,2,7H2,1H3. The zero-order chi connectivity index (χ0) is 10.6. The summed E-state index contributed by atoms with van der Waals surface area (Å²) >= 11 is 3.06. The topological polar surface area (TPSA) is 46.2 Å². The zero-order valence-electron chi connectivity index (χ0n) is 7.83. The Labute approximate surface area is 92.8 Å². The molecular weight excluding hydrogens is 266 g/mol. The van der Waals surface area contributed by atoms with E-state index in [9.17, 15) is 8.42 Å². The number of rotatable bonds is 4. The highest BCUT2D eigenvalue weighted by Gasteiger charge is 2.14. The average Bonchev–Trinajstić information content (AvgIpc) is 2.19. The fraction of sp³-hybridized carbons (Fsp3) is 0.333. The van der Waals surface area contributed by atoms with Gasteiger partial charge in [-0.05, 0) is 11.6 Å². The molecule has 0 aromatic heterocycles. The van der Waals surface area contributed by atoms with E-state index in [1.165, 1.54) is 0 Å². The molecule has 1 aromatic rings. The van der Waals surface area contributed by atoms with Gasteiger partial charge in [0.05, 0.1) is 10.6 Å². The fourth-order valence-corrected chi connectivity index (χ4v) is 2.62. The second kappa shape index (κ2) is 4.91. The minimum atomic E-state index is -3.11. The largest absolute Gasteiger partial charge is 0.251 e. The van der Waals surface area contributed by atoms with E-state index in [2.05, 4.69) is 20.5 Å². The Balaban J connectivity index is 3.20. The van der Waals surface area contributed by atoms with Gasteiger partial charge in [0.25, 0.3) is 0 Å². The predicted octanol–water partition coefficient (Wildman–Crippen LogP) is 1.88. The summed E-state index contributed by atoms with van der Waals surface area (Å²) in [6, 6.07) is 7.00. The first-order chi connectivity index (χ1) is 6.61. The molecule has 0 atom stereocenters. The maximum atomic E-state index is 11.7. The Bertz CT molecular complexity index is 403. The van der Waals surface area contributed by atoms with Gasteiger partial charge in [0, 0.05) is 22.7 Å². The van der Waals surface area contributed by atoms with Crippen LogP contribution >= 0.6 is 16.1 Å². The molecule has 0 fully saturated rings. The van der Waals surface area contributed by atoms with Crippen molar-refractivity contribution in [1.82, 2.24) is 4.34 Å². The minimum Gasteiger partial charge on any atom is -0.251 e. The predicted molar refractivity (Wildman–Crippen MR) is 59.9 cm³/mol. The van der Waals surface area contributed by atoms with Crippen LogP contribution in [0, 0.1) is 0 Å². The average molecular weight is 278 g/mol. The monoisotopic (exact) mass is 277 g/mol. The van der Waals surface area contributed by atoms with Crippen molar-refractivity contribution in [2.75, 3.05) is 5.75 Å². The van der Waals surface area contributed by atoms with Crippen LogP contribution in [0.3, 0.4) is 0 Å². The molecule has 1 rings (SSSR count). The van der Waals surface area contributed by atoms with Crippen molar-refractivity contribution in [1.29, 1.82) is 0 Å². The first kappa shape index (κ1) is 11.7. The van der Waals surface area contributed by atoms with E-state index in [1.807, 2.05) is 6.07 Å². The first-order valence-electron chi connectivity index (χ1n) is 4.26. The van der Waals surface area contributed by atoms with Crippen LogP contribution in [-0.2, 0) is 16.4 Å². The van der Waals surface area contributed by atoms with Gasteiger partial charge in [0.15, 0.2) is 9.84 Å².